The molecule has 22 heavy (non-hydrogen) atoms. The summed E-state index contributed by atoms with van der Waals surface area (Å²) in [4.78, 5) is 9.21. The van der Waals surface area contributed by atoms with Gasteiger partial charge in [0.05, 0.1) is 11.8 Å². The largest absolute Gasteiger partial charge is 0.508 e. The molecule has 2 aliphatic rings. The van der Waals surface area contributed by atoms with Gasteiger partial charge < -0.3 is 5.11 Å². The molecule has 1 fully saturated rings. The first-order chi connectivity index (χ1) is 10.8. The monoisotopic (exact) mass is 290 g/mol. The SMILES string of the molecule is Oc1ccc(/C=C2/C(c3cccnc3)=N[C@H]3CC[C@@H]2C3)cc1. The number of pyridine rings is 1. The van der Waals surface area contributed by atoms with E-state index in [1.54, 1.807) is 18.3 Å². The average molecular weight is 290 g/mol. The molecule has 1 aliphatic heterocycles. The minimum absolute atomic E-state index is 0.299. The molecule has 0 unspecified atom stereocenters. The molecule has 3 heteroatoms. The van der Waals surface area contributed by atoms with Crippen molar-refractivity contribution in [1.29, 1.82) is 0 Å². The second-order valence-corrected chi connectivity index (χ2v) is 6.07. The molecule has 1 N–H and O–H groups in total. The highest BCUT2D eigenvalue weighted by Gasteiger charge is 2.34. The maximum absolute atomic E-state index is 9.44. The number of phenols is 1. The van der Waals surface area contributed by atoms with Crippen molar-refractivity contribution in [3.63, 3.8) is 0 Å². The van der Waals surface area contributed by atoms with Crippen molar-refractivity contribution >= 4 is 11.8 Å². The van der Waals surface area contributed by atoms with Gasteiger partial charge in [-0.2, -0.15) is 0 Å². The molecular formula is C19H18N2O. The summed E-state index contributed by atoms with van der Waals surface area (Å²) in [6.07, 6.45) is 9.47. The number of aromatic nitrogens is 1. The van der Waals surface area contributed by atoms with Gasteiger partial charge in [-0.15, -0.1) is 0 Å². The molecule has 4 rings (SSSR count). The summed E-state index contributed by atoms with van der Waals surface area (Å²) in [6.45, 7) is 0. The summed E-state index contributed by atoms with van der Waals surface area (Å²) < 4.78 is 0. The molecule has 2 atom stereocenters. The third-order valence-electron chi connectivity index (χ3n) is 4.58. The van der Waals surface area contributed by atoms with Gasteiger partial charge in [-0.05, 0) is 66.7 Å². The van der Waals surface area contributed by atoms with Crippen molar-refractivity contribution in [2.75, 3.05) is 0 Å². The Morgan fingerprint density at radius 2 is 1.95 bits per heavy atom. The van der Waals surface area contributed by atoms with E-state index in [1.807, 2.05) is 24.4 Å². The van der Waals surface area contributed by atoms with Crippen LogP contribution in [0.2, 0.25) is 0 Å². The number of aliphatic imine (C=N–C) groups is 1. The molecule has 0 spiro atoms. The number of allylic oxidation sites excluding steroid dienone is 1. The second kappa shape index (κ2) is 5.41. The van der Waals surface area contributed by atoms with Gasteiger partial charge in [-0.1, -0.05) is 12.1 Å². The summed E-state index contributed by atoms with van der Waals surface area (Å²) in [5.41, 5.74) is 4.62. The van der Waals surface area contributed by atoms with Crippen molar-refractivity contribution in [3.8, 4) is 5.75 Å². The Morgan fingerprint density at radius 3 is 2.73 bits per heavy atom. The standard InChI is InChI=1S/C19H18N2O/c22-17-7-3-13(4-8-17)10-18-14-5-6-16(11-14)21-19(18)15-2-1-9-20-12-15/h1-4,7-10,12,14,16,22H,5-6,11H2/b18-10+/t14-,16+/m1/s1. The van der Waals surface area contributed by atoms with E-state index in [0.717, 1.165) is 23.3 Å². The van der Waals surface area contributed by atoms with Gasteiger partial charge >= 0.3 is 0 Å². The van der Waals surface area contributed by atoms with Gasteiger partial charge in [0.2, 0.25) is 0 Å². The molecule has 0 amide bonds. The van der Waals surface area contributed by atoms with E-state index in [-0.39, 0.29) is 0 Å². The van der Waals surface area contributed by atoms with Gasteiger partial charge in [-0.3, -0.25) is 9.98 Å². The van der Waals surface area contributed by atoms with E-state index >= 15 is 0 Å². The number of nitrogens with zero attached hydrogens (tertiary/aromatic N) is 2. The first-order valence-corrected chi connectivity index (χ1v) is 7.79. The average Bonchev–Trinajstić information content (AvgIpc) is 2.95. The fourth-order valence-corrected chi connectivity index (χ4v) is 3.49. The molecule has 0 radical (unpaired) electrons. The fourth-order valence-electron chi connectivity index (χ4n) is 3.49. The summed E-state index contributed by atoms with van der Waals surface area (Å²) in [5, 5.41) is 9.44. The Balaban J connectivity index is 1.79. The predicted molar refractivity (Wildman–Crippen MR) is 88.0 cm³/mol. The number of rotatable bonds is 2. The van der Waals surface area contributed by atoms with E-state index in [4.69, 9.17) is 4.99 Å². The van der Waals surface area contributed by atoms with Crippen LogP contribution in [-0.4, -0.2) is 21.8 Å². The molecule has 2 bridgehead atoms. The van der Waals surface area contributed by atoms with Gasteiger partial charge in [0.25, 0.3) is 0 Å². The molecule has 0 saturated heterocycles. The van der Waals surface area contributed by atoms with Gasteiger partial charge in [-0.25, -0.2) is 0 Å². The maximum Gasteiger partial charge on any atom is 0.115 e. The van der Waals surface area contributed by atoms with Crippen molar-refractivity contribution in [3.05, 3.63) is 65.5 Å². The molecule has 2 heterocycles. The minimum atomic E-state index is 0.299. The van der Waals surface area contributed by atoms with Crippen molar-refractivity contribution in [1.82, 2.24) is 4.98 Å². The van der Waals surface area contributed by atoms with Gasteiger partial charge in [0.15, 0.2) is 0 Å². The maximum atomic E-state index is 9.44. The second-order valence-electron chi connectivity index (χ2n) is 6.07. The lowest BCUT2D eigenvalue weighted by Gasteiger charge is -2.23. The number of phenolic OH excluding ortho intramolecular Hbond substituents is 1. The zero-order valence-electron chi connectivity index (χ0n) is 12.3. The number of hydrogen-bond acceptors (Lipinski definition) is 3. The topological polar surface area (TPSA) is 45.5 Å². The fraction of sp³-hybridized carbons (Fsp3) is 0.263. The quantitative estimate of drug-likeness (QED) is 0.913. The van der Waals surface area contributed by atoms with E-state index in [0.29, 0.717) is 17.7 Å². The number of hydrogen-bond donors (Lipinski definition) is 1. The molecule has 1 saturated carbocycles. The highest BCUT2D eigenvalue weighted by Crippen LogP contribution is 2.40. The lowest BCUT2D eigenvalue weighted by Crippen LogP contribution is -2.20. The van der Waals surface area contributed by atoms with Gasteiger partial charge in [0.1, 0.15) is 5.75 Å². The molecule has 1 aliphatic carbocycles. The van der Waals surface area contributed by atoms with E-state index in [2.05, 4.69) is 17.1 Å². The van der Waals surface area contributed by atoms with Crippen molar-refractivity contribution in [2.24, 2.45) is 10.9 Å². The number of fused-ring (bicyclic) bond motifs is 2. The number of aromatic hydroxyl groups is 1. The Hall–Kier alpha value is -2.42. The molecule has 3 nitrogen and oxygen atoms in total. The van der Waals surface area contributed by atoms with E-state index in [1.165, 1.54) is 18.4 Å². The minimum Gasteiger partial charge on any atom is -0.508 e. The third-order valence-corrected chi connectivity index (χ3v) is 4.58. The number of benzene rings is 1. The summed E-state index contributed by atoms with van der Waals surface area (Å²) in [5.74, 6) is 0.888. The van der Waals surface area contributed by atoms with Crippen LogP contribution < -0.4 is 0 Å². The Morgan fingerprint density at radius 1 is 1.09 bits per heavy atom. The van der Waals surface area contributed by atoms with Crippen LogP contribution >= 0.6 is 0 Å². The van der Waals surface area contributed by atoms with Crippen LogP contribution in [0.4, 0.5) is 0 Å². The lowest BCUT2D eigenvalue weighted by molar-refractivity contribution is 0.475. The Bertz CT molecular complexity index is 732. The van der Waals surface area contributed by atoms with Crippen LogP contribution in [0.1, 0.15) is 30.4 Å². The summed E-state index contributed by atoms with van der Waals surface area (Å²) in [6, 6.07) is 11.9. The summed E-state index contributed by atoms with van der Waals surface area (Å²) in [7, 11) is 0. The zero-order chi connectivity index (χ0) is 14.9. The smallest absolute Gasteiger partial charge is 0.115 e. The molecular weight excluding hydrogens is 272 g/mol. The van der Waals surface area contributed by atoms with Crippen LogP contribution in [0.25, 0.3) is 6.08 Å². The van der Waals surface area contributed by atoms with Crippen LogP contribution in [-0.2, 0) is 0 Å². The highest BCUT2D eigenvalue weighted by atomic mass is 16.3. The summed E-state index contributed by atoms with van der Waals surface area (Å²) >= 11 is 0. The van der Waals surface area contributed by atoms with Crippen LogP contribution in [0.5, 0.6) is 5.75 Å². The lowest BCUT2D eigenvalue weighted by atomic mass is 9.87. The Labute approximate surface area is 130 Å². The highest BCUT2D eigenvalue weighted by molar-refractivity contribution is 6.15. The Kier molecular flexibility index (Phi) is 3.26. The molecule has 1 aromatic carbocycles. The van der Waals surface area contributed by atoms with Crippen molar-refractivity contribution < 1.29 is 5.11 Å². The van der Waals surface area contributed by atoms with Crippen LogP contribution in [0.3, 0.4) is 0 Å². The first kappa shape index (κ1) is 13.3. The third kappa shape index (κ3) is 2.43. The van der Waals surface area contributed by atoms with E-state index < -0.39 is 0 Å². The van der Waals surface area contributed by atoms with Crippen molar-refractivity contribution in [2.45, 2.75) is 25.3 Å². The van der Waals surface area contributed by atoms with E-state index in [9.17, 15) is 5.11 Å². The normalized spacial score (nSPS) is 25.3. The van der Waals surface area contributed by atoms with Gasteiger partial charge in [0, 0.05) is 18.0 Å². The van der Waals surface area contributed by atoms with Crippen LogP contribution in [0.15, 0.2) is 59.4 Å². The molecule has 1 aromatic heterocycles. The first-order valence-electron chi connectivity index (χ1n) is 7.79. The van der Waals surface area contributed by atoms with Crippen LogP contribution in [0, 0.1) is 5.92 Å². The molecule has 110 valence electrons. The molecule has 2 aromatic rings. The predicted octanol–water partition coefficient (Wildman–Crippen LogP) is 3.84. The zero-order valence-corrected chi connectivity index (χ0v) is 12.3.